The lowest BCUT2D eigenvalue weighted by atomic mass is 10.1. The van der Waals surface area contributed by atoms with Gasteiger partial charge in [-0.3, -0.25) is 0 Å². The van der Waals surface area contributed by atoms with E-state index in [4.69, 9.17) is 0 Å². The lowest BCUT2D eigenvalue weighted by Crippen LogP contribution is -2.34. The highest BCUT2D eigenvalue weighted by Gasteiger charge is 2.12. The van der Waals surface area contributed by atoms with Crippen LogP contribution in [0.3, 0.4) is 0 Å². The van der Waals surface area contributed by atoms with Gasteiger partial charge in [0.25, 0.3) is 0 Å². The van der Waals surface area contributed by atoms with E-state index < -0.39 is 0 Å². The van der Waals surface area contributed by atoms with Crippen LogP contribution in [0.25, 0.3) is 0 Å². The molecule has 9 heavy (non-hydrogen) atoms. The van der Waals surface area contributed by atoms with E-state index in [0.717, 1.165) is 5.75 Å². The summed E-state index contributed by atoms with van der Waals surface area (Å²) in [7, 11) is 4.20. The Kier molecular flexibility index (Phi) is 4.32. The summed E-state index contributed by atoms with van der Waals surface area (Å²) < 4.78 is 0. The molecule has 2 heteroatoms. The molecule has 0 bridgehead atoms. The van der Waals surface area contributed by atoms with Gasteiger partial charge < -0.3 is 4.90 Å². The van der Waals surface area contributed by atoms with Gasteiger partial charge in [-0.15, -0.1) is 0 Å². The third-order valence-corrected chi connectivity index (χ3v) is 1.99. The molecule has 0 radical (unpaired) electrons. The van der Waals surface area contributed by atoms with Crippen LogP contribution in [0.4, 0.5) is 0 Å². The molecule has 0 aromatic carbocycles. The van der Waals surface area contributed by atoms with Gasteiger partial charge in [0.05, 0.1) is 0 Å². The van der Waals surface area contributed by atoms with Crippen LogP contribution in [-0.2, 0) is 0 Å². The summed E-state index contributed by atoms with van der Waals surface area (Å²) in [6, 6.07) is 0.619. The zero-order valence-electron chi connectivity index (χ0n) is 6.76. The first-order valence-corrected chi connectivity index (χ1v) is 4.00. The molecule has 0 saturated carbocycles. The lowest BCUT2D eigenvalue weighted by Gasteiger charge is -2.25. The van der Waals surface area contributed by atoms with Gasteiger partial charge in [-0.2, -0.15) is 12.6 Å². The lowest BCUT2D eigenvalue weighted by molar-refractivity contribution is 0.256. The van der Waals surface area contributed by atoms with Gasteiger partial charge in [-0.25, -0.2) is 0 Å². The summed E-state index contributed by atoms with van der Waals surface area (Å²) in [6.07, 6.45) is 0. The van der Waals surface area contributed by atoms with Gasteiger partial charge in [0, 0.05) is 11.8 Å². The Labute approximate surface area is 63.8 Å². The van der Waals surface area contributed by atoms with Gasteiger partial charge in [0.15, 0.2) is 0 Å². The molecule has 0 spiro atoms. The minimum absolute atomic E-state index is 0.619. The Hall–Kier alpha value is 0.310. The van der Waals surface area contributed by atoms with Crippen molar-refractivity contribution in [3.8, 4) is 0 Å². The van der Waals surface area contributed by atoms with Crippen molar-refractivity contribution in [3.05, 3.63) is 0 Å². The van der Waals surface area contributed by atoms with Crippen LogP contribution in [0.2, 0.25) is 0 Å². The molecule has 0 aromatic rings. The van der Waals surface area contributed by atoms with E-state index in [-0.39, 0.29) is 0 Å². The van der Waals surface area contributed by atoms with Crippen molar-refractivity contribution in [2.45, 2.75) is 19.9 Å². The van der Waals surface area contributed by atoms with Crippen LogP contribution in [0, 0.1) is 5.92 Å². The van der Waals surface area contributed by atoms with Crippen molar-refractivity contribution >= 4 is 12.6 Å². The third-order valence-electron chi connectivity index (χ3n) is 1.62. The number of rotatable bonds is 3. The molecule has 0 aliphatic carbocycles. The van der Waals surface area contributed by atoms with Crippen molar-refractivity contribution in [3.63, 3.8) is 0 Å². The molecule has 0 aliphatic heterocycles. The second-order valence-corrected chi connectivity index (χ2v) is 3.32. The number of nitrogens with zero attached hydrogens (tertiary/aromatic N) is 1. The summed E-state index contributed by atoms with van der Waals surface area (Å²) in [5.41, 5.74) is 0. The Balaban J connectivity index is 3.68. The van der Waals surface area contributed by atoms with Crippen LogP contribution in [0.1, 0.15) is 13.8 Å². The SMILES string of the molecule is CC(C)C(CS)N(C)C. The molecule has 0 fully saturated rings. The first-order chi connectivity index (χ1) is 4.09. The summed E-state index contributed by atoms with van der Waals surface area (Å²) >= 11 is 4.25. The first-order valence-electron chi connectivity index (χ1n) is 3.37. The van der Waals surface area contributed by atoms with Gasteiger partial charge in [-0.05, 0) is 20.0 Å². The van der Waals surface area contributed by atoms with Gasteiger partial charge >= 0.3 is 0 Å². The molecule has 0 N–H and O–H groups in total. The Morgan fingerprint density at radius 2 is 1.78 bits per heavy atom. The fraction of sp³-hybridized carbons (Fsp3) is 1.00. The Morgan fingerprint density at radius 1 is 1.33 bits per heavy atom. The quantitative estimate of drug-likeness (QED) is 0.592. The molecule has 56 valence electrons. The highest BCUT2D eigenvalue weighted by molar-refractivity contribution is 7.80. The number of hydrogen-bond donors (Lipinski definition) is 1. The Bertz CT molecular complexity index is 63.3. The van der Waals surface area contributed by atoms with Crippen LogP contribution in [0.15, 0.2) is 0 Å². The van der Waals surface area contributed by atoms with Crippen molar-refractivity contribution < 1.29 is 0 Å². The van der Waals surface area contributed by atoms with E-state index in [9.17, 15) is 0 Å². The zero-order valence-corrected chi connectivity index (χ0v) is 7.65. The second kappa shape index (κ2) is 4.18. The molecule has 0 aromatic heterocycles. The fourth-order valence-electron chi connectivity index (χ4n) is 0.970. The molecular formula is C7H17NS. The van der Waals surface area contributed by atoms with Crippen molar-refractivity contribution in [1.29, 1.82) is 0 Å². The summed E-state index contributed by atoms with van der Waals surface area (Å²) in [5.74, 6) is 1.66. The largest absolute Gasteiger partial charge is 0.305 e. The average molecular weight is 147 g/mol. The van der Waals surface area contributed by atoms with Crippen molar-refractivity contribution in [2.24, 2.45) is 5.92 Å². The van der Waals surface area contributed by atoms with Gasteiger partial charge in [-0.1, -0.05) is 13.8 Å². The highest BCUT2D eigenvalue weighted by Crippen LogP contribution is 2.07. The average Bonchev–Trinajstić information content (AvgIpc) is 1.64. The second-order valence-electron chi connectivity index (χ2n) is 2.96. The highest BCUT2D eigenvalue weighted by atomic mass is 32.1. The minimum atomic E-state index is 0.619. The summed E-state index contributed by atoms with van der Waals surface area (Å²) in [5, 5.41) is 0. The summed E-state index contributed by atoms with van der Waals surface area (Å²) in [6.45, 7) is 4.45. The van der Waals surface area contributed by atoms with Crippen LogP contribution >= 0.6 is 12.6 Å². The molecule has 0 heterocycles. The zero-order chi connectivity index (χ0) is 7.44. The topological polar surface area (TPSA) is 3.24 Å². The van der Waals surface area contributed by atoms with Crippen LogP contribution < -0.4 is 0 Å². The maximum Gasteiger partial charge on any atom is 0.0200 e. The van der Waals surface area contributed by atoms with E-state index >= 15 is 0 Å². The smallest absolute Gasteiger partial charge is 0.0200 e. The fourth-order valence-corrected chi connectivity index (χ4v) is 1.72. The molecular weight excluding hydrogens is 130 g/mol. The maximum absolute atomic E-state index is 4.25. The first kappa shape index (κ1) is 9.31. The van der Waals surface area contributed by atoms with E-state index in [1.54, 1.807) is 0 Å². The molecule has 0 saturated heterocycles. The minimum Gasteiger partial charge on any atom is -0.305 e. The predicted molar refractivity (Wildman–Crippen MR) is 46.2 cm³/mol. The number of thiol groups is 1. The normalized spacial score (nSPS) is 15.0. The van der Waals surface area contributed by atoms with E-state index in [2.05, 4.69) is 45.5 Å². The molecule has 1 unspecified atom stereocenters. The number of hydrogen-bond acceptors (Lipinski definition) is 2. The van der Waals surface area contributed by atoms with E-state index in [0.29, 0.717) is 12.0 Å². The van der Waals surface area contributed by atoms with Gasteiger partial charge in [0.2, 0.25) is 0 Å². The van der Waals surface area contributed by atoms with Crippen molar-refractivity contribution in [2.75, 3.05) is 19.8 Å². The summed E-state index contributed by atoms with van der Waals surface area (Å²) in [4.78, 5) is 2.22. The van der Waals surface area contributed by atoms with Gasteiger partial charge in [0.1, 0.15) is 0 Å². The van der Waals surface area contributed by atoms with E-state index in [1.807, 2.05) is 0 Å². The maximum atomic E-state index is 4.25. The molecule has 1 atom stereocenters. The van der Waals surface area contributed by atoms with Crippen molar-refractivity contribution in [1.82, 2.24) is 4.90 Å². The molecule has 0 aliphatic rings. The van der Waals surface area contributed by atoms with Crippen LogP contribution in [0.5, 0.6) is 0 Å². The van der Waals surface area contributed by atoms with Crippen LogP contribution in [-0.4, -0.2) is 30.8 Å². The van der Waals surface area contributed by atoms with E-state index in [1.165, 1.54) is 0 Å². The molecule has 0 amide bonds. The molecule has 0 rings (SSSR count). The standard InChI is InChI=1S/C7H17NS/c1-6(2)7(5-9)8(3)4/h6-7,9H,5H2,1-4H3. The molecule has 1 nitrogen and oxygen atoms in total. The Morgan fingerprint density at radius 3 is 1.78 bits per heavy atom. The monoisotopic (exact) mass is 147 g/mol. The third kappa shape index (κ3) is 3.11. The predicted octanol–water partition coefficient (Wildman–Crippen LogP) is 1.50.